The third-order valence-corrected chi connectivity index (χ3v) is 9.09. The monoisotopic (exact) mass is 490 g/mol. The molecule has 0 saturated heterocycles. The molecule has 0 spiro atoms. The van der Waals surface area contributed by atoms with Crippen LogP contribution < -0.4 is 10.5 Å². The van der Waals surface area contributed by atoms with Gasteiger partial charge in [-0.25, -0.2) is 4.98 Å². The van der Waals surface area contributed by atoms with E-state index in [9.17, 15) is 4.79 Å². The van der Waals surface area contributed by atoms with Crippen molar-refractivity contribution in [2.45, 2.75) is 56.1 Å². The summed E-state index contributed by atoms with van der Waals surface area (Å²) in [5.41, 5.74) is 15.0. The van der Waals surface area contributed by atoms with Crippen LogP contribution >= 0.6 is 0 Å². The first-order valence-corrected chi connectivity index (χ1v) is 13.4. The molecular weight excluding hydrogens is 460 g/mol. The summed E-state index contributed by atoms with van der Waals surface area (Å²) in [7, 11) is 1.93. The first kappa shape index (κ1) is 21.4. The Bertz CT molecular complexity index is 1630. The fourth-order valence-corrected chi connectivity index (χ4v) is 6.88. The largest absolute Gasteiger partial charge is 0.493 e. The number of nitrogens with zero attached hydrogens (tertiary/aromatic N) is 3. The molecule has 4 aromatic rings. The smallest absolute Gasteiger partial charge is 0.254 e. The van der Waals surface area contributed by atoms with Crippen molar-refractivity contribution in [3.8, 4) is 16.9 Å². The number of carbonyl (C=O) groups excluding carboxylic acids is 1. The van der Waals surface area contributed by atoms with Crippen LogP contribution in [0.3, 0.4) is 0 Å². The number of ether oxygens (including phenoxy) is 1. The maximum Gasteiger partial charge on any atom is 0.254 e. The molecule has 2 N–H and O–H groups in total. The van der Waals surface area contributed by atoms with Crippen LogP contribution in [0.25, 0.3) is 22.2 Å². The second-order valence-corrected chi connectivity index (χ2v) is 11.5. The Morgan fingerprint density at radius 3 is 2.70 bits per heavy atom. The maximum atomic E-state index is 13.5. The predicted octanol–water partition coefficient (Wildman–Crippen LogP) is 5.66. The number of rotatable bonds is 2. The molecule has 4 heterocycles. The predicted molar refractivity (Wildman–Crippen MR) is 143 cm³/mol. The minimum absolute atomic E-state index is 0.0211. The first-order valence-electron chi connectivity index (χ1n) is 13.4. The number of benzene rings is 3. The van der Waals surface area contributed by atoms with Gasteiger partial charge >= 0.3 is 0 Å². The van der Waals surface area contributed by atoms with Gasteiger partial charge < -0.3 is 19.9 Å². The Hall–Kier alpha value is -3.64. The summed E-state index contributed by atoms with van der Waals surface area (Å²) >= 11 is 0. The summed E-state index contributed by atoms with van der Waals surface area (Å²) in [5.74, 6) is 2.56. The van der Waals surface area contributed by atoms with Crippen molar-refractivity contribution in [3.63, 3.8) is 0 Å². The number of hydrogen-bond acceptors (Lipinski definition) is 4. The maximum absolute atomic E-state index is 13.5. The zero-order chi connectivity index (χ0) is 25.1. The van der Waals surface area contributed by atoms with Gasteiger partial charge in [-0.2, -0.15) is 0 Å². The van der Waals surface area contributed by atoms with Crippen molar-refractivity contribution in [1.29, 1.82) is 0 Å². The topological polar surface area (TPSA) is 73.4 Å². The van der Waals surface area contributed by atoms with Crippen LogP contribution in [0.4, 0.5) is 0 Å². The van der Waals surface area contributed by atoms with E-state index in [0.717, 1.165) is 57.7 Å². The molecule has 0 radical (unpaired) electrons. The summed E-state index contributed by atoms with van der Waals surface area (Å²) in [4.78, 5) is 20.5. The van der Waals surface area contributed by atoms with Gasteiger partial charge in [0.25, 0.3) is 5.91 Å². The van der Waals surface area contributed by atoms with Gasteiger partial charge in [0, 0.05) is 36.6 Å². The fourth-order valence-electron chi connectivity index (χ4n) is 6.88. The van der Waals surface area contributed by atoms with E-state index in [1.165, 1.54) is 24.0 Å². The highest BCUT2D eigenvalue weighted by atomic mass is 16.5. The lowest BCUT2D eigenvalue weighted by Gasteiger charge is -2.32. The highest BCUT2D eigenvalue weighted by molar-refractivity contribution is 5.97. The molecule has 1 aromatic heterocycles. The molecule has 4 aliphatic rings. The van der Waals surface area contributed by atoms with Gasteiger partial charge in [0.15, 0.2) is 0 Å². The van der Waals surface area contributed by atoms with E-state index in [1.807, 2.05) is 18.0 Å². The lowest BCUT2D eigenvalue weighted by atomic mass is 9.86. The molecule has 37 heavy (non-hydrogen) atoms. The number of carbonyl (C=O) groups is 1. The lowest BCUT2D eigenvalue weighted by Crippen LogP contribution is -2.38. The van der Waals surface area contributed by atoms with Crippen molar-refractivity contribution in [2.75, 3.05) is 13.7 Å². The van der Waals surface area contributed by atoms with Crippen LogP contribution in [0.15, 0.2) is 54.6 Å². The molecule has 8 rings (SSSR count). The van der Waals surface area contributed by atoms with Gasteiger partial charge in [-0.15, -0.1) is 0 Å². The van der Waals surface area contributed by atoms with Crippen molar-refractivity contribution >= 4 is 16.9 Å². The molecular formula is C31H30N4O2. The van der Waals surface area contributed by atoms with E-state index >= 15 is 0 Å². The number of fused-ring (bicyclic) bond motifs is 10. The van der Waals surface area contributed by atoms with Crippen LogP contribution in [0.2, 0.25) is 0 Å². The van der Waals surface area contributed by atoms with Crippen molar-refractivity contribution < 1.29 is 9.53 Å². The minimum Gasteiger partial charge on any atom is -0.493 e. The molecule has 3 aliphatic heterocycles. The van der Waals surface area contributed by atoms with E-state index < -0.39 is 0 Å². The van der Waals surface area contributed by atoms with E-state index in [0.29, 0.717) is 12.5 Å². The molecule has 186 valence electrons. The van der Waals surface area contributed by atoms with Gasteiger partial charge in [-0.3, -0.25) is 4.79 Å². The standard InChI is InChI=1S/C31H30N4O2/c1-31(32)12-13-37-27-15-19(8-10-22(27)31)18-9-11-23-24(14-18)35-25-16-26(29(35)33-23)34(2)30(36)21-5-3-4-20(28(21)25)17-6-7-17/h3-5,8-11,14-15,17,25-26H,6-7,12-13,16,32H2,1-2H3/t25-,26-,31?/m1/s1. The average molecular weight is 491 g/mol. The van der Waals surface area contributed by atoms with E-state index in [1.54, 1.807) is 0 Å². The molecule has 3 atom stereocenters. The number of amides is 1. The van der Waals surface area contributed by atoms with Crippen molar-refractivity contribution in [1.82, 2.24) is 14.5 Å². The number of imidazole rings is 1. The Labute approximate surface area is 216 Å². The summed E-state index contributed by atoms with van der Waals surface area (Å²) in [6.07, 6.45) is 4.11. The van der Waals surface area contributed by atoms with E-state index in [-0.39, 0.29) is 23.5 Å². The third-order valence-electron chi connectivity index (χ3n) is 9.09. The zero-order valence-corrected chi connectivity index (χ0v) is 21.2. The Balaban J connectivity index is 1.31. The second kappa shape index (κ2) is 7.23. The quantitative estimate of drug-likeness (QED) is 0.394. The molecule has 1 amide bonds. The number of nitrogens with two attached hydrogens (primary N) is 1. The van der Waals surface area contributed by atoms with Crippen LogP contribution in [0, 0.1) is 0 Å². The van der Waals surface area contributed by atoms with Crippen molar-refractivity contribution in [3.05, 3.63) is 82.7 Å². The molecule has 6 heteroatoms. The van der Waals surface area contributed by atoms with E-state index in [2.05, 4.69) is 60.0 Å². The average Bonchev–Trinajstić information content (AvgIpc) is 3.60. The summed E-state index contributed by atoms with van der Waals surface area (Å²) in [6, 6.07) is 19.3. The molecule has 1 saturated carbocycles. The van der Waals surface area contributed by atoms with Crippen LogP contribution in [-0.4, -0.2) is 34.0 Å². The third kappa shape index (κ3) is 2.96. The van der Waals surface area contributed by atoms with Gasteiger partial charge in [0.2, 0.25) is 0 Å². The Kier molecular flexibility index (Phi) is 4.19. The second-order valence-electron chi connectivity index (χ2n) is 11.5. The van der Waals surface area contributed by atoms with Crippen molar-refractivity contribution in [2.24, 2.45) is 5.73 Å². The molecule has 3 aromatic carbocycles. The summed E-state index contributed by atoms with van der Waals surface area (Å²) in [6.45, 7) is 2.71. The molecule has 1 unspecified atom stereocenters. The number of hydrogen-bond donors (Lipinski definition) is 1. The van der Waals surface area contributed by atoms with Gasteiger partial charge in [-0.1, -0.05) is 30.3 Å². The molecule has 1 aliphatic carbocycles. The molecule has 2 bridgehead atoms. The zero-order valence-electron chi connectivity index (χ0n) is 21.2. The Morgan fingerprint density at radius 1 is 1.05 bits per heavy atom. The highest BCUT2D eigenvalue weighted by Gasteiger charge is 2.45. The Morgan fingerprint density at radius 2 is 1.86 bits per heavy atom. The van der Waals surface area contributed by atoms with Gasteiger partial charge in [-0.05, 0) is 72.2 Å². The summed E-state index contributed by atoms with van der Waals surface area (Å²) < 4.78 is 8.43. The minimum atomic E-state index is -0.367. The molecule has 1 fully saturated rings. The van der Waals surface area contributed by atoms with Gasteiger partial charge in [0.1, 0.15) is 11.6 Å². The number of aromatic nitrogens is 2. The lowest BCUT2D eigenvalue weighted by molar-refractivity contribution is 0.0734. The normalized spacial score (nSPS) is 25.9. The fraction of sp³-hybridized carbons (Fsp3) is 0.355. The highest BCUT2D eigenvalue weighted by Crippen LogP contribution is 2.52. The van der Waals surface area contributed by atoms with Crippen LogP contribution in [-0.2, 0) is 5.54 Å². The van der Waals surface area contributed by atoms with E-state index in [4.69, 9.17) is 15.5 Å². The molecule has 6 nitrogen and oxygen atoms in total. The first-order chi connectivity index (χ1) is 17.9. The SMILES string of the molecule is CN1C(=O)c2cccc(C3CC3)c2[C@H]2C[C@@H]1c1nc3ccc(-c4ccc5c(c4)OCCC5(C)N)cc3n12. The van der Waals surface area contributed by atoms with Gasteiger partial charge in [0.05, 0.1) is 29.7 Å². The van der Waals surface area contributed by atoms with Crippen LogP contribution in [0.5, 0.6) is 5.75 Å². The summed E-state index contributed by atoms with van der Waals surface area (Å²) in [5, 5.41) is 0. The van der Waals surface area contributed by atoms with Crippen LogP contribution in [0.1, 0.15) is 83.5 Å².